The summed E-state index contributed by atoms with van der Waals surface area (Å²) in [7, 11) is 2.12. The first-order chi connectivity index (χ1) is 13.6. The SMILES string of the molecule is CN1CCN(c2ccc(NC(=O)CCNC(=O)NC3CCCCC3)cn2)CC1. The maximum atomic E-state index is 12.1. The number of aromatic nitrogens is 1. The van der Waals surface area contributed by atoms with Crippen LogP contribution in [-0.2, 0) is 4.79 Å². The van der Waals surface area contributed by atoms with Gasteiger partial charge in [0.1, 0.15) is 5.82 Å². The van der Waals surface area contributed by atoms with E-state index in [9.17, 15) is 9.59 Å². The molecule has 2 aliphatic rings. The minimum atomic E-state index is -0.183. The second-order valence-corrected chi connectivity index (χ2v) is 7.73. The minimum absolute atomic E-state index is 0.132. The van der Waals surface area contributed by atoms with Crippen molar-refractivity contribution in [2.24, 2.45) is 0 Å². The molecule has 3 N–H and O–H groups in total. The van der Waals surface area contributed by atoms with Crippen molar-refractivity contribution in [2.75, 3.05) is 50.0 Å². The Labute approximate surface area is 167 Å². The summed E-state index contributed by atoms with van der Waals surface area (Å²) < 4.78 is 0. The number of hydrogen-bond donors (Lipinski definition) is 3. The molecule has 0 unspecified atom stereocenters. The topological polar surface area (TPSA) is 89.6 Å². The van der Waals surface area contributed by atoms with Gasteiger partial charge in [0.15, 0.2) is 0 Å². The fourth-order valence-electron chi connectivity index (χ4n) is 3.68. The Morgan fingerprint density at radius 1 is 1.11 bits per heavy atom. The van der Waals surface area contributed by atoms with Crippen LogP contribution in [0.2, 0.25) is 0 Å². The Hall–Kier alpha value is -2.35. The van der Waals surface area contributed by atoms with Crippen molar-refractivity contribution < 1.29 is 9.59 Å². The first-order valence-corrected chi connectivity index (χ1v) is 10.3. The summed E-state index contributed by atoms with van der Waals surface area (Å²) >= 11 is 0. The Morgan fingerprint density at radius 2 is 1.86 bits per heavy atom. The predicted octanol–water partition coefficient (Wildman–Crippen LogP) is 1.79. The smallest absolute Gasteiger partial charge is 0.315 e. The Kier molecular flexibility index (Phi) is 7.47. The van der Waals surface area contributed by atoms with E-state index in [0.717, 1.165) is 44.8 Å². The van der Waals surface area contributed by atoms with Crippen LogP contribution >= 0.6 is 0 Å². The van der Waals surface area contributed by atoms with Crippen molar-refractivity contribution in [3.63, 3.8) is 0 Å². The molecule has 3 amide bonds. The van der Waals surface area contributed by atoms with Crippen LogP contribution in [0, 0.1) is 0 Å². The third-order valence-corrected chi connectivity index (χ3v) is 5.44. The van der Waals surface area contributed by atoms with Gasteiger partial charge in [-0.05, 0) is 32.0 Å². The molecule has 1 aromatic rings. The van der Waals surface area contributed by atoms with E-state index in [-0.39, 0.29) is 24.4 Å². The molecule has 1 aliphatic carbocycles. The van der Waals surface area contributed by atoms with E-state index in [1.54, 1.807) is 6.20 Å². The summed E-state index contributed by atoms with van der Waals surface area (Å²) in [6.45, 7) is 4.30. The number of urea groups is 1. The first kappa shape index (κ1) is 20.4. The van der Waals surface area contributed by atoms with Crippen molar-refractivity contribution in [1.82, 2.24) is 20.5 Å². The molecule has 154 valence electrons. The third kappa shape index (κ3) is 6.37. The number of hydrogen-bond acceptors (Lipinski definition) is 5. The van der Waals surface area contributed by atoms with Gasteiger partial charge in [0.2, 0.25) is 5.91 Å². The lowest BCUT2D eigenvalue weighted by atomic mass is 9.96. The number of nitrogens with zero attached hydrogens (tertiary/aromatic N) is 3. The number of amides is 3. The minimum Gasteiger partial charge on any atom is -0.354 e. The highest BCUT2D eigenvalue weighted by atomic mass is 16.2. The fraction of sp³-hybridized carbons (Fsp3) is 0.650. The molecule has 2 heterocycles. The van der Waals surface area contributed by atoms with Gasteiger partial charge in [-0.2, -0.15) is 0 Å². The number of anilines is 2. The maximum absolute atomic E-state index is 12.1. The monoisotopic (exact) mass is 388 g/mol. The van der Waals surface area contributed by atoms with Gasteiger partial charge in [0, 0.05) is 45.2 Å². The Morgan fingerprint density at radius 3 is 2.54 bits per heavy atom. The zero-order valence-corrected chi connectivity index (χ0v) is 16.7. The van der Waals surface area contributed by atoms with Crippen LogP contribution < -0.4 is 20.9 Å². The molecule has 8 heteroatoms. The van der Waals surface area contributed by atoms with Gasteiger partial charge < -0.3 is 25.8 Å². The number of carbonyl (C=O) groups is 2. The van der Waals surface area contributed by atoms with E-state index in [1.807, 2.05) is 12.1 Å². The van der Waals surface area contributed by atoms with Gasteiger partial charge in [-0.25, -0.2) is 9.78 Å². The molecule has 0 spiro atoms. The van der Waals surface area contributed by atoms with E-state index in [1.165, 1.54) is 19.3 Å². The highest BCUT2D eigenvalue weighted by molar-refractivity contribution is 5.91. The Bertz CT molecular complexity index is 637. The average molecular weight is 389 g/mol. The molecule has 0 radical (unpaired) electrons. The number of nitrogens with one attached hydrogen (secondary N) is 3. The molecule has 0 bridgehead atoms. The summed E-state index contributed by atoms with van der Waals surface area (Å²) in [5, 5.41) is 8.58. The molecular weight excluding hydrogens is 356 g/mol. The molecule has 0 atom stereocenters. The summed E-state index contributed by atoms with van der Waals surface area (Å²) in [6, 6.07) is 3.91. The number of piperazine rings is 1. The molecule has 1 aromatic heterocycles. The van der Waals surface area contributed by atoms with Crippen molar-refractivity contribution in [1.29, 1.82) is 0 Å². The van der Waals surface area contributed by atoms with E-state index >= 15 is 0 Å². The average Bonchev–Trinajstić information content (AvgIpc) is 2.70. The molecule has 1 saturated heterocycles. The zero-order chi connectivity index (χ0) is 19.8. The molecule has 2 fully saturated rings. The quantitative estimate of drug-likeness (QED) is 0.691. The second kappa shape index (κ2) is 10.3. The van der Waals surface area contributed by atoms with E-state index in [4.69, 9.17) is 0 Å². The van der Waals surface area contributed by atoms with Crippen LogP contribution in [0.4, 0.5) is 16.3 Å². The van der Waals surface area contributed by atoms with Crippen LogP contribution in [0.1, 0.15) is 38.5 Å². The number of likely N-dealkylation sites (N-methyl/N-ethyl adjacent to an activating group) is 1. The lowest BCUT2D eigenvalue weighted by Gasteiger charge is -2.33. The normalized spacial score (nSPS) is 18.5. The van der Waals surface area contributed by atoms with Gasteiger partial charge in [-0.3, -0.25) is 4.79 Å². The maximum Gasteiger partial charge on any atom is 0.315 e. The predicted molar refractivity (Wildman–Crippen MR) is 111 cm³/mol. The van der Waals surface area contributed by atoms with Crippen LogP contribution in [0.3, 0.4) is 0 Å². The fourth-order valence-corrected chi connectivity index (χ4v) is 3.68. The summed E-state index contributed by atoms with van der Waals surface area (Å²) in [5.41, 5.74) is 0.675. The number of pyridine rings is 1. The first-order valence-electron chi connectivity index (χ1n) is 10.3. The van der Waals surface area contributed by atoms with Gasteiger partial charge in [0.25, 0.3) is 0 Å². The van der Waals surface area contributed by atoms with E-state index in [2.05, 4.69) is 37.8 Å². The summed E-state index contributed by atoms with van der Waals surface area (Å²) in [5.74, 6) is 0.805. The van der Waals surface area contributed by atoms with E-state index in [0.29, 0.717) is 12.2 Å². The van der Waals surface area contributed by atoms with Crippen molar-refractivity contribution >= 4 is 23.4 Å². The molecule has 0 aromatic carbocycles. The van der Waals surface area contributed by atoms with Crippen molar-refractivity contribution in [2.45, 2.75) is 44.6 Å². The number of rotatable bonds is 6. The summed E-state index contributed by atoms with van der Waals surface area (Å²) in [6.07, 6.45) is 7.62. The van der Waals surface area contributed by atoms with Crippen LogP contribution in [0.25, 0.3) is 0 Å². The van der Waals surface area contributed by atoms with E-state index < -0.39 is 0 Å². The molecule has 8 nitrogen and oxygen atoms in total. The molecule has 3 rings (SSSR count). The van der Waals surface area contributed by atoms with Crippen LogP contribution in [0.5, 0.6) is 0 Å². The lowest BCUT2D eigenvalue weighted by Crippen LogP contribution is -2.44. The number of carbonyl (C=O) groups excluding carboxylic acids is 2. The highest BCUT2D eigenvalue weighted by Gasteiger charge is 2.16. The highest BCUT2D eigenvalue weighted by Crippen LogP contribution is 2.17. The van der Waals surface area contributed by atoms with Gasteiger partial charge >= 0.3 is 6.03 Å². The standard InChI is InChI=1S/C20H32N6O2/c1-25-11-13-26(14-12-25)18-8-7-17(15-22-18)23-19(27)9-10-21-20(28)24-16-5-3-2-4-6-16/h7-8,15-16H,2-6,9-14H2,1H3,(H,23,27)(H2,21,24,28). The molecular formula is C20H32N6O2. The van der Waals surface area contributed by atoms with Crippen LogP contribution in [0.15, 0.2) is 18.3 Å². The molecule has 1 aliphatic heterocycles. The zero-order valence-electron chi connectivity index (χ0n) is 16.7. The third-order valence-electron chi connectivity index (χ3n) is 5.44. The second-order valence-electron chi connectivity index (χ2n) is 7.73. The molecule has 28 heavy (non-hydrogen) atoms. The lowest BCUT2D eigenvalue weighted by molar-refractivity contribution is -0.116. The summed E-state index contributed by atoms with van der Waals surface area (Å²) in [4.78, 5) is 33.0. The molecule has 1 saturated carbocycles. The van der Waals surface area contributed by atoms with Gasteiger partial charge in [-0.1, -0.05) is 19.3 Å². The Balaban J connectivity index is 1.34. The van der Waals surface area contributed by atoms with Gasteiger partial charge in [-0.15, -0.1) is 0 Å². The van der Waals surface area contributed by atoms with Crippen molar-refractivity contribution in [3.8, 4) is 0 Å². The van der Waals surface area contributed by atoms with Crippen LogP contribution in [-0.4, -0.2) is 67.6 Å². The van der Waals surface area contributed by atoms with Gasteiger partial charge in [0.05, 0.1) is 11.9 Å². The van der Waals surface area contributed by atoms with Crippen molar-refractivity contribution in [3.05, 3.63) is 18.3 Å². The largest absolute Gasteiger partial charge is 0.354 e.